The third-order valence-corrected chi connectivity index (χ3v) is 21.6. The van der Waals surface area contributed by atoms with Crippen LogP contribution in [0.1, 0.15) is 121 Å². The molecule has 6 aliphatic rings. The molecule has 8 atom stereocenters. The molecular weight excluding hydrogens is 1180 g/mol. The number of hydrogen-bond acceptors (Lipinski definition) is 22. The summed E-state index contributed by atoms with van der Waals surface area (Å²) in [6.07, 6.45) is 8.39. The van der Waals surface area contributed by atoms with E-state index in [2.05, 4.69) is 63.5 Å². The molecule has 3 aromatic heterocycles. The van der Waals surface area contributed by atoms with Gasteiger partial charge in [0, 0.05) is 113 Å². The number of likely N-dealkylation sites (tertiary alicyclic amines) is 2. The molecular formula is C64H82N12O11S2. The van der Waals surface area contributed by atoms with E-state index in [1.54, 1.807) is 50.2 Å². The average Bonchev–Trinajstić information content (AvgIpc) is 1.74. The predicted molar refractivity (Wildman–Crippen MR) is 337 cm³/mol. The van der Waals surface area contributed by atoms with Crippen molar-refractivity contribution in [1.29, 1.82) is 5.26 Å². The number of nitrogens with one attached hydrogen (secondary N) is 1. The number of pyridine rings is 1. The van der Waals surface area contributed by atoms with Gasteiger partial charge in [-0.2, -0.15) is 5.26 Å². The van der Waals surface area contributed by atoms with Crippen molar-refractivity contribution in [2.24, 2.45) is 11.8 Å². The highest BCUT2D eigenvalue weighted by atomic mass is 33.1. The van der Waals surface area contributed by atoms with Crippen LogP contribution in [0.2, 0.25) is 0 Å². The van der Waals surface area contributed by atoms with Crippen LogP contribution in [0.15, 0.2) is 83.5 Å². The molecule has 6 unspecified atom stereocenters. The molecule has 25 heteroatoms. The number of nitrogens with two attached hydrogens (primary N) is 1. The number of carbonyl (C=O) groups excluding carboxylic acids is 3. The van der Waals surface area contributed by atoms with Gasteiger partial charge in [0.05, 0.1) is 53.1 Å². The van der Waals surface area contributed by atoms with Gasteiger partial charge in [0.1, 0.15) is 36.0 Å². The Labute approximate surface area is 524 Å². The Morgan fingerprint density at radius 2 is 1.56 bits per heavy atom. The van der Waals surface area contributed by atoms with E-state index in [1.807, 2.05) is 51.2 Å². The molecule has 2 amide bonds. The van der Waals surface area contributed by atoms with Crippen LogP contribution >= 0.6 is 10.8 Å². The second kappa shape index (κ2) is 27.4. The van der Waals surface area contributed by atoms with Crippen LogP contribution in [-0.2, 0) is 32.7 Å². The van der Waals surface area contributed by atoms with E-state index >= 15 is 0 Å². The molecule has 1 aliphatic carbocycles. The largest absolute Gasteiger partial charge is 0.508 e. The van der Waals surface area contributed by atoms with Crippen molar-refractivity contribution in [3.8, 4) is 29.0 Å². The van der Waals surface area contributed by atoms with Gasteiger partial charge < -0.3 is 64.1 Å². The highest BCUT2D eigenvalue weighted by Crippen LogP contribution is 2.41. The molecule has 4 N–H and O–H groups in total. The highest BCUT2D eigenvalue weighted by Gasteiger charge is 2.47. The minimum atomic E-state index is -3.41. The van der Waals surface area contributed by atoms with E-state index in [4.69, 9.17) is 29.2 Å². The molecule has 5 aliphatic heterocycles. The second-order valence-corrected chi connectivity index (χ2v) is 30.0. The number of anilines is 4. The molecule has 11 rings (SSSR count). The topological polar surface area (TPSA) is 285 Å². The summed E-state index contributed by atoms with van der Waals surface area (Å²) in [4.78, 5) is 57.8. The monoisotopic (exact) mass is 1260 g/mol. The van der Waals surface area contributed by atoms with Crippen molar-refractivity contribution in [3.63, 3.8) is 0 Å². The lowest BCUT2D eigenvalue weighted by molar-refractivity contribution is -0.141. The van der Waals surface area contributed by atoms with E-state index in [0.717, 1.165) is 120 Å². The first-order valence-electron chi connectivity index (χ1n) is 31.3. The van der Waals surface area contributed by atoms with Crippen molar-refractivity contribution >= 4 is 60.6 Å². The Balaban J connectivity index is 0.622. The van der Waals surface area contributed by atoms with Crippen molar-refractivity contribution < 1.29 is 51.4 Å². The summed E-state index contributed by atoms with van der Waals surface area (Å²) in [5.41, 5.74) is 10.8. The summed E-state index contributed by atoms with van der Waals surface area (Å²) in [6.45, 7) is 14.9. The number of piperazine rings is 1. The Hall–Kier alpha value is -7.40. The van der Waals surface area contributed by atoms with Crippen LogP contribution < -0.4 is 30.5 Å². The first-order chi connectivity index (χ1) is 42.7. The number of fused-ring (bicyclic) bond motifs is 2. The van der Waals surface area contributed by atoms with Gasteiger partial charge in [-0.1, -0.05) is 43.3 Å². The third-order valence-electron chi connectivity index (χ3n) is 18.6. The fraction of sp³-hybridized carbons (Fsp3) is 0.562. The smallest absolute Gasteiger partial charge is 0.507 e. The fourth-order valence-corrected chi connectivity index (χ4v) is 16.5. The quantitative estimate of drug-likeness (QED) is 0.0462. The normalized spacial score (nSPS) is 23.9. The summed E-state index contributed by atoms with van der Waals surface area (Å²) < 4.78 is 54.1. The van der Waals surface area contributed by atoms with Gasteiger partial charge in [-0.05, 0) is 124 Å². The Kier molecular flexibility index (Phi) is 19.4. The van der Waals surface area contributed by atoms with Crippen molar-refractivity contribution in [2.75, 3.05) is 79.0 Å². The van der Waals surface area contributed by atoms with E-state index < -0.39 is 56.4 Å². The van der Waals surface area contributed by atoms with Gasteiger partial charge in [0.15, 0.2) is 26.3 Å². The minimum Gasteiger partial charge on any atom is -0.507 e. The van der Waals surface area contributed by atoms with Gasteiger partial charge in [-0.25, -0.2) is 18.2 Å². The molecule has 2 aromatic carbocycles. The summed E-state index contributed by atoms with van der Waals surface area (Å²) in [6, 6.07) is 23.1. The van der Waals surface area contributed by atoms with Crippen LogP contribution in [0.5, 0.6) is 11.6 Å². The van der Waals surface area contributed by atoms with Crippen LogP contribution in [-0.4, -0.2) is 174 Å². The number of aromatic hydroxyl groups is 1. The molecule has 0 spiro atoms. The first-order valence-corrected chi connectivity index (χ1v) is 34.5. The number of aromatic nitrogens is 4. The molecule has 1 saturated carbocycles. The SMILES string of the molecule is CC(NC(=O)[C@@H]1C[C@@H](OC(=O)OC(C)C(C)SS(C)(=O)=O)CN1C(=O)C(c1cc(N2CCC(CN3CCC(OC4CC(Oc5cc(N6C7CCC6CN(c6cc(-c8ccccc8O)nnc6N)C7)ccn5)C4)CC3)CC2)no1)C(C)C)c1ccc(C#N)cc1. The summed E-state index contributed by atoms with van der Waals surface area (Å²) >= 11 is 0. The van der Waals surface area contributed by atoms with Gasteiger partial charge in [-0.3, -0.25) is 9.59 Å². The number of benzene rings is 2. The summed E-state index contributed by atoms with van der Waals surface area (Å²) in [7, 11) is -2.74. The summed E-state index contributed by atoms with van der Waals surface area (Å²) in [5.74, 6) is 0.832. The second-order valence-electron chi connectivity index (χ2n) is 25.3. The number of phenolic OH excluding ortho intramolecular Hbond substituents is 1. The number of nitriles is 1. The molecule has 5 saturated heterocycles. The fourth-order valence-electron chi connectivity index (χ4n) is 13.6. The van der Waals surface area contributed by atoms with Gasteiger partial charge in [-0.15, -0.1) is 10.2 Å². The van der Waals surface area contributed by atoms with Crippen molar-refractivity contribution in [3.05, 3.63) is 95.9 Å². The maximum Gasteiger partial charge on any atom is 0.508 e. The molecule has 5 aromatic rings. The van der Waals surface area contributed by atoms with Gasteiger partial charge in [0.2, 0.25) is 17.7 Å². The number of rotatable bonds is 21. The first kappa shape index (κ1) is 63.2. The van der Waals surface area contributed by atoms with E-state index in [9.17, 15) is 33.2 Å². The van der Waals surface area contributed by atoms with Crippen LogP contribution in [0.3, 0.4) is 0 Å². The molecule has 89 heavy (non-hydrogen) atoms. The lowest BCUT2D eigenvalue weighted by Crippen LogP contribution is -2.54. The predicted octanol–water partition coefficient (Wildman–Crippen LogP) is 8.06. The van der Waals surface area contributed by atoms with E-state index in [0.29, 0.717) is 56.8 Å². The Bertz CT molecular complexity index is 3440. The van der Waals surface area contributed by atoms with Gasteiger partial charge in [0.25, 0.3) is 0 Å². The lowest BCUT2D eigenvalue weighted by Gasteiger charge is -2.43. The maximum atomic E-state index is 14.8. The number of carbonyl (C=O) groups is 3. The van der Waals surface area contributed by atoms with Crippen molar-refractivity contribution in [1.82, 2.24) is 35.5 Å². The molecule has 23 nitrogen and oxygen atoms in total. The van der Waals surface area contributed by atoms with Crippen LogP contribution in [0, 0.1) is 23.2 Å². The number of phenols is 1. The minimum absolute atomic E-state index is 0.00583. The highest BCUT2D eigenvalue weighted by molar-refractivity contribution is 8.72. The number of para-hydroxylation sites is 1. The lowest BCUT2D eigenvalue weighted by atomic mass is 9.91. The number of hydrogen-bond donors (Lipinski definition) is 3. The standard InChI is InChI=1S/C64H82N12O11S2/c1-38(2)60(63(79)75-37-51(86-64(80)83-40(4)41(5)88-89(6,81)82)30-55(75)62(78)68-39(3)44-13-11-42(33-65)12-14-44)57-32-58(71-87-57)73-25-18-43(19-26-73)34-72-23-20-48(21-24-72)84-49-28-50(29-49)85-59-27-45(17-22-67-59)76-46-15-16-47(76)36-74(35-46)54-31-53(69-70-61(54)66)52-9-7-8-10-56(52)77/h7-14,17,22,27,31-32,38-41,43,46-51,55,60,77H,15-16,18-21,23-26,28-30,34-37H2,1-6H3,(H2,66,70)(H,68,78)/t39?,40?,41?,46?,47?,49?,50?,51-,55+,60?/m1/s1. The number of nitrogens with zero attached hydrogens (tertiary/aromatic N) is 10. The zero-order chi connectivity index (χ0) is 62.7. The van der Waals surface area contributed by atoms with Crippen LogP contribution in [0.4, 0.5) is 27.8 Å². The molecule has 476 valence electrons. The van der Waals surface area contributed by atoms with Crippen molar-refractivity contribution in [2.45, 2.75) is 158 Å². The number of nitrogen functional groups attached to an aromatic ring is 1. The maximum absolute atomic E-state index is 14.8. The summed E-state index contributed by atoms with van der Waals surface area (Å²) in [5, 5.41) is 35.3. The number of ether oxygens (including phenoxy) is 4. The number of piperidine rings is 2. The third kappa shape index (κ3) is 15.1. The zero-order valence-corrected chi connectivity index (χ0v) is 53.1. The van der Waals surface area contributed by atoms with Gasteiger partial charge >= 0.3 is 6.16 Å². The molecule has 6 fully saturated rings. The Morgan fingerprint density at radius 3 is 2.25 bits per heavy atom. The number of amides is 2. The average molecular weight is 1260 g/mol. The van der Waals surface area contributed by atoms with E-state index in [-0.39, 0.29) is 60.9 Å². The Morgan fingerprint density at radius 1 is 0.843 bits per heavy atom. The molecule has 0 radical (unpaired) electrons. The zero-order valence-electron chi connectivity index (χ0n) is 51.4. The molecule has 8 heterocycles. The van der Waals surface area contributed by atoms with E-state index in [1.165, 1.54) is 4.90 Å². The van der Waals surface area contributed by atoms with Crippen LogP contribution in [0.25, 0.3) is 11.3 Å². The molecule has 2 bridgehead atoms.